The maximum atomic E-state index is 5.37. The van der Waals surface area contributed by atoms with Crippen LogP contribution in [0.2, 0.25) is 0 Å². The molecule has 0 aliphatic heterocycles. The van der Waals surface area contributed by atoms with E-state index in [0.29, 0.717) is 17.6 Å². The highest BCUT2D eigenvalue weighted by atomic mass is 32.1. The van der Waals surface area contributed by atoms with Gasteiger partial charge >= 0.3 is 0 Å². The molecule has 11 aromatic rings. The number of hydrogen-bond donors (Lipinski definition) is 0. The van der Waals surface area contributed by atoms with E-state index >= 15 is 0 Å². The van der Waals surface area contributed by atoms with Crippen LogP contribution in [0.1, 0.15) is 0 Å². The number of nitrogens with zero attached hydrogens (tertiary/aromatic N) is 4. The lowest BCUT2D eigenvalue weighted by Crippen LogP contribution is -2.15. The van der Waals surface area contributed by atoms with Gasteiger partial charge < -0.3 is 0 Å². The predicted molar refractivity (Wildman–Crippen MR) is 224 cm³/mol. The molecule has 7 heteroatoms. The average Bonchev–Trinajstić information content (AvgIpc) is 3.89. The zero-order valence-corrected chi connectivity index (χ0v) is 30.0. The van der Waals surface area contributed by atoms with Gasteiger partial charge in [0.2, 0.25) is 5.95 Å². The van der Waals surface area contributed by atoms with E-state index < -0.39 is 0 Å². The third-order valence-corrected chi connectivity index (χ3v) is 13.2. The van der Waals surface area contributed by atoms with Crippen molar-refractivity contribution in [3.63, 3.8) is 0 Å². The molecule has 0 aliphatic carbocycles. The first kappa shape index (κ1) is 29.7. The van der Waals surface area contributed by atoms with Crippen LogP contribution in [0.25, 0.3) is 83.3 Å². The Labute approximate surface area is 310 Å². The molecule has 4 nitrogen and oxygen atoms in total. The number of thiophene rings is 3. The van der Waals surface area contributed by atoms with E-state index in [9.17, 15) is 0 Å². The van der Waals surface area contributed by atoms with Crippen molar-refractivity contribution in [2.75, 3.05) is 4.90 Å². The number of benzene rings is 7. The van der Waals surface area contributed by atoms with Crippen molar-refractivity contribution in [1.29, 1.82) is 0 Å². The van der Waals surface area contributed by atoms with Gasteiger partial charge in [-0.3, -0.25) is 4.90 Å². The molecule has 4 aromatic heterocycles. The van der Waals surface area contributed by atoms with Crippen LogP contribution in [-0.2, 0) is 0 Å². The van der Waals surface area contributed by atoms with Crippen LogP contribution >= 0.6 is 34.0 Å². The average molecular weight is 719 g/mol. The third kappa shape index (κ3) is 4.74. The summed E-state index contributed by atoms with van der Waals surface area (Å²) in [4.78, 5) is 18.1. The molecule has 7 aromatic carbocycles. The zero-order valence-electron chi connectivity index (χ0n) is 27.5. The molecule has 0 radical (unpaired) electrons. The fraction of sp³-hybridized carbons (Fsp3) is 0. The maximum absolute atomic E-state index is 5.37. The Bertz CT molecular complexity index is 3160. The Morgan fingerprint density at radius 3 is 1.63 bits per heavy atom. The van der Waals surface area contributed by atoms with Crippen LogP contribution in [-0.4, -0.2) is 15.0 Å². The van der Waals surface area contributed by atoms with Gasteiger partial charge in [0.05, 0.1) is 5.69 Å². The molecular formula is C45H26N4S3. The minimum atomic E-state index is 0.570. The summed E-state index contributed by atoms with van der Waals surface area (Å²) < 4.78 is 7.52. The van der Waals surface area contributed by atoms with Crippen LogP contribution in [0.15, 0.2) is 158 Å². The highest BCUT2D eigenvalue weighted by Crippen LogP contribution is 2.46. The monoisotopic (exact) mass is 718 g/mol. The van der Waals surface area contributed by atoms with Gasteiger partial charge in [-0.15, -0.1) is 34.0 Å². The summed E-state index contributed by atoms with van der Waals surface area (Å²) >= 11 is 5.45. The van der Waals surface area contributed by atoms with Crippen molar-refractivity contribution < 1.29 is 0 Å². The summed E-state index contributed by atoms with van der Waals surface area (Å²) in [7, 11) is 0. The molecule has 0 saturated heterocycles. The van der Waals surface area contributed by atoms with Gasteiger partial charge in [0, 0.05) is 77.3 Å². The van der Waals surface area contributed by atoms with Gasteiger partial charge in [-0.25, -0.2) is 4.98 Å². The summed E-state index contributed by atoms with van der Waals surface area (Å²) in [5.41, 5.74) is 3.92. The largest absolute Gasteiger partial charge is 0.278 e. The van der Waals surface area contributed by atoms with E-state index in [1.165, 1.54) is 60.5 Å². The number of hydrogen-bond acceptors (Lipinski definition) is 7. The quantitative estimate of drug-likeness (QED) is 0.178. The summed E-state index contributed by atoms with van der Waals surface area (Å²) in [5.74, 6) is 1.83. The van der Waals surface area contributed by atoms with Crippen molar-refractivity contribution in [2.24, 2.45) is 0 Å². The maximum Gasteiger partial charge on any atom is 0.238 e. The molecule has 0 aliphatic rings. The first-order valence-electron chi connectivity index (χ1n) is 17.1. The van der Waals surface area contributed by atoms with Gasteiger partial charge in [-0.05, 0) is 66.7 Å². The first-order chi connectivity index (χ1) is 25.7. The molecule has 0 bridgehead atoms. The molecule has 4 heterocycles. The summed E-state index contributed by atoms with van der Waals surface area (Å²) in [6, 6.07) is 56.0. The van der Waals surface area contributed by atoms with E-state index in [2.05, 4.69) is 144 Å². The minimum Gasteiger partial charge on any atom is -0.278 e. The van der Waals surface area contributed by atoms with Gasteiger partial charge in [0.15, 0.2) is 11.6 Å². The number of aromatic nitrogens is 3. The molecule has 0 N–H and O–H groups in total. The first-order valence-corrected chi connectivity index (χ1v) is 19.5. The zero-order chi connectivity index (χ0) is 34.2. The second kappa shape index (κ2) is 11.8. The Morgan fingerprint density at radius 1 is 0.365 bits per heavy atom. The molecule has 11 rings (SSSR count). The van der Waals surface area contributed by atoms with Crippen molar-refractivity contribution in [2.45, 2.75) is 0 Å². The molecule has 0 unspecified atom stereocenters. The minimum absolute atomic E-state index is 0.570. The third-order valence-electron chi connectivity index (χ3n) is 9.73. The van der Waals surface area contributed by atoms with Crippen LogP contribution in [0.4, 0.5) is 17.3 Å². The van der Waals surface area contributed by atoms with E-state index in [-0.39, 0.29) is 0 Å². The topological polar surface area (TPSA) is 41.9 Å². The van der Waals surface area contributed by atoms with Crippen LogP contribution in [0.3, 0.4) is 0 Å². The highest BCUT2D eigenvalue weighted by Gasteiger charge is 2.24. The van der Waals surface area contributed by atoms with E-state index in [4.69, 9.17) is 15.0 Å². The van der Waals surface area contributed by atoms with Gasteiger partial charge in [0.25, 0.3) is 0 Å². The standard InChI is InChI=1S/C45H26N4S3/c1-2-11-27(12-3-1)43-46-44(28-21-23-39-33(25-28)30-13-4-7-17-36(30)50-39)48-45(47-43)49(29-22-24-40-34(26-29)31-14-5-8-18-37(31)51-40)35-16-10-20-41-42(35)32-15-6-9-19-38(32)52-41/h1-26H. The van der Waals surface area contributed by atoms with Gasteiger partial charge in [-0.1, -0.05) is 91.0 Å². The molecule has 0 spiro atoms. The fourth-order valence-corrected chi connectivity index (χ4v) is 10.6. The fourth-order valence-electron chi connectivity index (χ4n) is 7.33. The van der Waals surface area contributed by atoms with E-state index in [1.54, 1.807) is 0 Å². The van der Waals surface area contributed by atoms with Crippen molar-refractivity contribution >= 4 is 112 Å². The van der Waals surface area contributed by atoms with Crippen molar-refractivity contribution in [3.8, 4) is 22.8 Å². The van der Waals surface area contributed by atoms with Crippen LogP contribution in [0, 0.1) is 0 Å². The second-order valence-corrected chi connectivity index (χ2v) is 16.1. The molecule has 52 heavy (non-hydrogen) atoms. The summed E-state index contributed by atoms with van der Waals surface area (Å²) in [5, 5.41) is 7.34. The lowest BCUT2D eigenvalue weighted by atomic mass is 10.1. The number of fused-ring (bicyclic) bond motifs is 9. The van der Waals surface area contributed by atoms with Crippen molar-refractivity contribution in [1.82, 2.24) is 15.0 Å². The summed E-state index contributed by atoms with van der Waals surface area (Å²) in [6.07, 6.45) is 0. The Hall–Kier alpha value is -5.99. The smallest absolute Gasteiger partial charge is 0.238 e. The lowest BCUT2D eigenvalue weighted by molar-refractivity contribution is 1.03. The van der Waals surface area contributed by atoms with Crippen LogP contribution < -0.4 is 4.90 Å². The normalized spacial score (nSPS) is 11.8. The number of rotatable bonds is 5. The molecule has 0 amide bonds. The highest BCUT2D eigenvalue weighted by molar-refractivity contribution is 7.26. The van der Waals surface area contributed by atoms with E-state index in [1.807, 2.05) is 52.2 Å². The second-order valence-electron chi connectivity index (χ2n) is 12.8. The predicted octanol–water partition coefficient (Wildman–Crippen LogP) is 13.8. The number of anilines is 3. The lowest BCUT2D eigenvalue weighted by Gasteiger charge is -2.25. The molecule has 244 valence electrons. The Balaban J connectivity index is 1.21. The Morgan fingerprint density at radius 2 is 0.904 bits per heavy atom. The molecule has 0 saturated carbocycles. The molecular weight excluding hydrogens is 693 g/mol. The van der Waals surface area contributed by atoms with E-state index in [0.717, 1.165) is 22.5 Å². The van der Waals surface area contributed by atoms with Gasteiger partial charge in [-0.2, -0.15) is 9.97 Å². The SMILES string of the molecule is c1ccc(-c2nc(-c3ccc4sc5ccccc5c4c3)nc(N(c3ccc4sc5ccccc5c4c3)c3cccc4sc5ccccc5c34)n2)cc1. The van der Waals surface area contributed by atoms with Crippen molar-refractivity contribution in [3.05, 3.63) is 158 Å². The summed E-state index contributed by atoms with van der Waals surface area (Å²) in [6.45, 7) is 0. The molecule has 0 atom stereocenters. The molecule has 0 fully saturated rings. The Kier molecular flexibility index (Phi) is 6.73. The van der Waals surface area contributed by atoms with Crippen LogP contribution in [0.5, 0.6) is 0 Å². The van der Waals surface area contributed by atoms with Gasteiger partial charge in [0.1, 0.15) is 0 Å².